The number of halogens is 1. The summed E-state index contributed by atoms with van der Waals surface area (Å²) in [6.07, 6.45) is 2.88. The highest BCUT2D eigenvalue weighted by molar-refractivity contribution is 6.34. The molecule has 0 atom stereocenters. The first-order valence-corrected chi connectivity index (χ1v) is 7.90. The van der Waals surface area contributed by atoms with Crippen LogP contribution in [0.5, 0.6) is 0 Å². The first-order chi connectivity index (χ1) is 11.1. The first kappa shape index (κ1) is 15.7. The molecule has 5 nitrogen and oxygen atoms in total. The van der Waals surface area contributed by atoms with Crippen LogP contribution >= 0.6 is 11.6 Å². The number of carbonyl (C=O) groups excluding carboxylic acids is 2. The monoisotopic (exact) mass is 332 g/mol. The quantitative estimate of drug-likeness (QED) is 0.626. The van der Waals surface area contributed by atoms with Crippen molar-refractivity contribution in [3.8, 4) is 0 Å². The number of methoxy groups -OCH3 is 1. The molecule has 1 saturated heterocycles. The van der Waals surface area contributed by atoms with Crippen LogP contribution in [-0.2, 0) is 9.53 Å². The van der Waals surface area contributed by atoms with Crippen LogP contribution in [0.25, 0.3) is 10.8 Å². The van der Waals surface area contributed by atoms with Crippen molar-refractivity contribution < 1.29 is 14.3 Å². The van der Waals surface area contributed by atoms with E-state index in [2.05, 4.69) is 4.98 Å². The van der Waals surface area contributed by atoms with Crippen LogP contribution in [0.4, 0.5) is 0 Å². The average Bonchev–Trinajstić information content (AvgIpc) is 2.60. The molecule has 120 valence electrons. The van der Waals surface area contributed by atoms with Gasteiger partial charge in [0.1, 0.15) is 5.15 Å². The van der Waals surface area contributed by atoms with Gasteiger partial charge in [-0.05, 0) is 18.2 Å². The van der Waals surface area contributed by atoms with Crippen LogP contribution in [0.2, 0.25) is 5.15 Å². The van der Waals surface area contributed by atoms with E-state index in [-0.39, 0.29) is 22.9 Å². The van der Waals surface area contributed by atoms with E-state index < -0.39 is 0 Å². The smallest absolute Gasteiger partial charge is 0.308 e. The standard InChI is InChI=1S/C17H17ClN2O3/c1-23-17(22)11-6-8-20(9-7-11)16(21)14-13-5-3-2-4-12(13)10-19-15(14)18/h2-5,10-11H,6-9H2,1H3. The van der Waals surface area contributed by atoms with Crippen LogP contribution in [0.15, 0.2) is 30.5 Å². The third-order valence-corrected chi connectivity index (χ3v) is 4.57. The third kappa shape index (κ3) is 3.01. The molecule has 0 unspecified atom stereocenters. The van der Waals surface area contributed by atoms with Gasteiger partial charge in [0.15, 0.2) is 0 Å². The zero-order valence-electron chi connectivity index (χ0n) is 12.8. The van der Waals surface area contributed by atoms with Crippen molar-refractivity contribution in [2.75, 3.05) is 20.2 Å². The van der Waals surface area contributed by atoms with Crippen molar-refractivity contribution in [1.29, 1.82) is 0 Å². The molecule has 3 rings (SSSR count). The first-order valence-electron chi connectivity index (χ1n) is 7.52. The minimum atomic E-state index is -0.207. The fraction of sp³-hybridized carbons (Fsp3) is 0.353. The highest BCUT2D eigenvalue weighted by atomic mass is 35.5. The molecule has 1 aromatic carbocycles. The van der Waals surface area contributed by atoms with Crippen LogP contribution in [0.1, 0.15) is 23.2 Å². The molecule has 1 aliphatic rings. The van der Waals surface area contributed by atoms with E-state index in [0.717, 1.165) is 10.8 Å². The van der Waals surface area contributed by atoms with E-state index in [1.54, 1.807) is 11.1 Å². The Labute approximate surface area is 139 Å². The molecule has 6 heteroatoms. The lowest BCUT2D eigenvalue weighted by Crippen LogP contribution is -2.40. The number of piperidine rings is 1. The van der Waals surface area contributed by atoms with E-state index in [9.17, 15) is 9.59 Å². The maximum atomic E-state index is 12.9. The summed E-state index contributed by atoms with van der Waals surface area (Å²) in [5.74, 6) is -0.477. The number of pyridine rings is 1. The van der Waals surface area contributed by atoms with Gasteiger partial charge in [-0.15, -0.1) is 0 Å². The number of aromatic nitrogens is 1. The van der Waals surface area contributed by atoms with Gasteiger partial charge in [0.25, 0.3) is 5.91 Å². The Morgan fingerprint density at radius 1 is 1.26 bits per heavy atom. The second kappa shape index (κ2) is 6.54. The van der Waals surface area contributed by atoms with Gasteiger partial charge in [-0.25, -0.2) is 4.98 Å². The van der Waals surface area contributed by atoms with Gasteiger partial charge in [0.05, 0.1) is 18.6 Å². The summed E-state index contributed by atoms with van der Waals surface area (Å²) in [6.45, 7) is 1.02. The molecular formula is C17H17ClN2O3. The van der Waals surface area contributed by atoms with Crippen LogP contribution in [0, 0.1) is 5.92 Å². The Balaban J connectivity index is 1.85. The number of hydrogen-bond acceptors (Lipinski definition) is 4. The molecule has 0 bridgehead atoms. The number of amides is 1. The van der Waals surface area contributed by atoms with E-state index in [1.165, 1.54) is 7.11 Å². The number of benzene rings is 1. The summed E-state index contributed by atoms with van der Waals surface area (Å²) < 4.78 is 4.77. The van der Waals surface area contributed by atoms with E-state index in [1.807, 2.05) is 24.3 Å². The minimum Gasteiger partial charge on any atom is -0.469 e. The predicted molar refractivity (Wildman–Crippen MR) is 87.4 cm³/mol. The average molecular weight is 333 g/mol. The lowest BCUT2D eigenvalue weighted by atomic mass is 9.96. The summed E-state index contributed by atoms with van der Waals surface area (Å²) in [4.78, 5) is 30.3. The van der Waals surface area contributed by atoms with Crippen molar-refractivity contribution in [1.82, 2.24) is 9.88 Å². The van der Waals surface area contributed by atoms with Crippen molar-refractivity contribution in [2.45, 2.75) is 12.8 Å². The van der Waals surface area contributed by atoms with Crippen molar-refractivity contribution in [3.63, 3.8) is 0 Å². The second-order valence-electron chi connectivity index (χ2n) is 5.60. The largest absolute Gasteiger partial charge is 0.469 e. The molecule has 0 aliphatic carbocycles. The van der Waals surface area contributed by atoms with E-state index in [0.29, 0.717) is 31.5 Å². The van der Waals surface area contributed by atoms with Gasteiger partial charge >= 0.3 is 5.97 Å². The van der Waals surface area contributed by atoms with Gasteiger partial charge < -0.3 is 9.64 Å². The van der Waals surface area contributed by atoms with E-state index in [4.69, 9.17) is 16.3 Å². The molecule has 1 amide bonds. The van der Waals surface area contributed by atoms with Crippen LogP contribution in [0.3, 0.4) is 0 Å². The Bertz CT molecular complexity index is 755. The molecule has 1 aliphatic heterocycles. The molecule has 1 aromatic heterocycles. The molecule has 1 fully saturated rings. The SMILES string of the molecule is COC(=O)C1CCN(C(=O)c2c(Cl)ncc3ccccc23)CC1. The normalized spacial score (nSPS) is 15.7. The zero-order valence-corrected chi connectivity index (χ0v) is 13.5. The summed E-state index contributed by atoms with van der Waals surface area (Å²) in [7, 11) is 1.39. The Kier molecular flexibility index (Phi) is 4.48. The number of ether oxygens (including phenoxy) is 1. The minimum absolute atomic E-state index is 0.134. The number of rotatable bonds is 2. The molecule has 23 heavy (non-hydrogen) atoms. The Morgan fingerprint density at radius 2 is 1.96 bits per heavy atom. The fourth-order valence-electron chi connectivity index (χ4n) is 2.99. The highest BCUT2D eigenvalue weighted by Crippen LogP contribution is 2.27. The maximum Gasteiger partial charge on any atom is 0.308 e. The topological polar surface area (TPSA) is 59.5 Å². The molecular weight excluding hydrogens is 316 g/mol. The number of esters is 1. The van der Waals surface area contributed by atoms with Gasteiger partial charge in [0, 0.05) is 24.7 Å². The summed E-state index contributed by atoms with van der Waals surface area (Å²) >= 11 is 6.19. The molecule has 2 heterocycles. The maximum absolute atomic E-state index is 12.9. The number of likely N-dealkylation sites (tertiary alicyclic amines) is 1. The lowest BCUT2D eigenvalue weighted by molar-refractivity contribution is -0.146. The second-order valence-corrected chi connectivity index (χ2v) is 5.96. The molecule has 0 saturated carbocycles. The van der Waals surface area contributed by atoms with Crippen molar-refractivity contribution >= 4 is 34.2 Å². The number of nitrogens with zero attached hydrogens (tertiary/aromatic N) is 2. The predicted octanol–water partition coefficient (Wildman–Crippen LogP) is 2.91. The number of fused-ring (bicyclic) bond motifs is 1. The lowest BCUT2D eigenvalue weighted by Gasteiger charge is -2.31. The van der Waals surface area contributed by atoms with Crippen molar-refractivity contribution in [3.05, 3.63) is 41.2 Å². The Morgan fingerprint density at radius 3 is 2.65 bits per heavy atom. The van der Waals surface area contributed by atoms with Crippen molar-refractivity contribution in [2.24, 2.45) is 5.92 Å². The molecule has 0 radical (unpaired) electrons. The van der Waals surface area contributed by atoms with Crippen LogP contribution in [-0.4, -0.2) is 42.0 Å². The van der Waals surface area contributed by atoms with Gasteiger partial charge in [-0.3, -0.25) is 9.59 Å². The Hall–Kier alpha value is -2.14. The summed E-state index contributed by atoms with van der Waals surface area (Å²) in [5.41, 5.74) is 0.432. The summed E-state index contributed by atoms with van der Waals surface area (Å²) in [5, 5.41) is 1.89. The highest BCUT2D eigenvalue weighted by Gasteiger charge is 2.30. The molecule has 2 aromatic rings. The van der Waals surface area contributed by atoms with Gasteiger partial charge in [0.2, 0.25) is 0 Å². The third-order valence-electron chi connectivity index (χ3n) is 4.28. The number of carbonyl (C=O) groups is 2. The van der Waals surface area contributed by atoms with Crippen LogP contribution < -0.4 is 0 Å². The zero-order chi connectivity index (χ0) is 16.4. The molecule has 0 N–H and O–H groups in total. The van der Waals surface area contributed by atoms with Gasteiger partial charge in [-0.1, -0.05) is 35.9 Å². The molecule has 0 spiro atoms. The summed E-state index contributed by atoms with van der Waals surface area (Å²) in [6, 6.07) is 7.54. The van der Waals surface area contributed by atoms with E-state index >= 15 is 0 Å². The number of hydrogen-bond donors (Lipinski definition) is 0. The van der Waals surface area contributed by atoms with Gasteiger partial charge in [-0.2, -0.15) is 0 Å². The fourth-order valence-corrected chi connectivity index (χ4v) is 3.22.